The molecule has 0 radical (unpaired) electrons. The molecule has 1 atom stereocenters. The summed E-state index contributed by atoms with van der Waals surface area (Å²) in [7, 11) is 10.8. The van der Waals surface area contributed by atoms with Crippen molar-refractivity contribution in [1.82, 2.24) is 10.6 Å². The molecule has 0 aromatic rings. The maximum absolute atomic E-state index is 10.3. The number of amides is 2. The summed E-state index contributed by atoms with van der Waals surface area (Å²) in [6, 6.07) is 0. The zero-order valence-electron chi connectivity index (χ0n) is 37.0. The van der Waals surface area contributed by atoms with Crippen LogP contribution in [0.4, 0.5) is 0 Å². The first-order chi connectivity index (χ1) is 26.1. The van der Waals surface area contributed by atoms with Gasteiger partial charge in [-0.1, -0.05) is 46.7 Å². The van der Waals surface area contributed by atoms with Crippen LogP contribution in [0.1, 0.15) is 54.9 Å². The van der Waals surface area contributed by atoms with E-state index < -0.39 is 5.97 Å². The Morgan fingerprint density at radius 3 is 1.23 bits per heavy atom. The van der Waals surface area contributed by atoms with Crippen LogP contribution in [0.2, 0.25) is 0 Å². The molecule has 0 spiro atoms. The van der Waals surface area contributed by atoms with Gasteiger partial charge in [0.25, 0.3) is 0 Å². The topological polar surface area (TPSA) is 182 Å². The standard InChI is InChI=1S/C7H14O2.C6H12O2.C5H9NO.C5H8O2.C4H7NO.C4H6O2.C4H8O.2C3H6O/c1-3-7(4-8-2)5-9-6-7;1-6(3-7-2)4-8-5-6;1-4(2)5(7)6-3;1-4(2)5(6)7-3;1-3-4(6)5-2;1-3-4(5)6-2;1-4(2)3-5-4;1-3-2-4-3;1-3-4-2/h3-6H2,1-2H3;3-5H2,1-2H3;1H2,2-3H3,(H,6,7);1H2,2-3H3;3H,1H2,2H3,(H,5,6);3H,1H2,2H3;3H2,1-2H3;3H,2H2,1H3;3H,1H2,2H3. The van der Waals surface area contributed by atoms with E-state index in [1.165, 1.54) is 33.0 Å². The van der Waals surface area contributed by atoms with Crippen LogP contribution in [-0.2, 0) is 61.8 Å². The molecule has 15 heteroatoms. The third kappa shape index (κ3) is 44.5. The van der Waals surface area contributed by atoms with Gasteiger partial charge in [-0.15, -0.1) is 0 Å². The van der Waals surface area contributed by atoms with Gasteiger partial charge in [-0.25, -0.2) is 9.59 Å². The van der Waals surface area contributed by atoms with Crippen LogP contribution in [0.3, 0.4) is 0 Å². The Morgan fingerprint density at radius 2 is 1.20 bits per heavy atom. The highest BCUT2D eigenvalue weighted by molar-refractivity contribution is 5.91. The second kappa shape index (κ2) is 38.0. The summed E-state index contributed by atoms with van der Waals surface area (Å²) in [6.07, 6.45) is 5.46. The average molecular weight is 805 g/mol. The van der Waals surface area contributed by atoms with Gasteiger partial charge in [-0.2, -0.15) is 0 Å². The number of hydrogen-bond donors (Lipinski definition) is 2. The SMILES string of the molecule is C=C(C)C(=O)NC.C=C(C)C(=O)OC.C=CC(=O)NC.C=CC(=O)OC.C=COC.CC1(C)CO1.CC1CO1.CCC1(COC)COC1.COCC1(C)COC1. The summed E-state index contributed by atoms with van der Waals surface area (Å²) in [5.41, 5.74) is 1.92. The normalized spacial score (nSPS) is 16.6. The predicted molar refractivity (Wildman–Crippen MR) is 221 cm³/mol. The molecule has 1 unspecified atom stereocenters. The van der Waals surface area contributed by atoms with Crippen molar-refractivity contribution in [3.63, 3.8) is 0 Å². The molecule has 4 aliphatic heterocycles. The molecule has 4 heterocycles. The van der Waals surface area contributed by atoms with Crippen LogP contribution in [-0.4, -0.2) is 138 Å². The lowest BCUT2D eigenvalue weighted by Crippen LogP contribution is -2.45. The van der Waals surface area contributed by atoms with Gasteiger partial charge < -0.3 is 53.3 Å². The number of esters is 2. The quantitative estimate of drug-likeness (QED) is 0.130. The highest BCUT2D eigenvalue weighted by atomic mass is 16.6. The molecule has 56 heavy (non-hydrogen) atoms. The number of rotatable bonds is 10. The fourth-order valence-electron chi connectivity index (χ4n) is 2.78. The van der Waals surface area contributed by atoms with Crippen molar-refractivity contribution in [1.29, 1.82) is 0 Å². The van der Waals surface area contributed by atoms with Gasteiger partial charge in [0.05, 0.1) is 92.2 Å². The zero-order valence-corrected chi connectivity index (χ0v) is 37.0. The van der Waals surface area contributed by atoms with Crippen molar-refractivity contribution < 1.29 is 61.8 Å². The first kappa shape index (κ1) is 61.4. The van der Waals surface area contributed by atoms with Crippen LogP contribution in [0.15, 0.2) is 62.5 Å². The number of carbonyl (C=O) groups is 4. The molecule has 4 aliphatic rings. The molecular formula is C41H76N2O13. The van der Waals surface area contributed by atoms with Gasteiger partial charge in [0.2, 0.25) is 11.8 Å². The second-order valence-electron chi connectivity index (χ2n) is 13.3. The summed E-state index contributed by atoms with van der Waals surface area (Å²) in [5, 5.41) is 4.78. The highest BCUT2D eigenvalue weighted by Gasteiger charge is 2.36. The molecule has 15 nitrogen and oxygen atoms in total. The number of epoxide rings is 2. The van der Waals surface area contributed by atoms with E-state index in [0.717, 1.165) is 58.9 Å². The predicted octanol–water partition coefficient (Wildman–Crippen LogP) is 5.01. The van der Waals surface area contributed by atoms with E-state index in [-0.39, 0.29) is 23.4 Å². The Balaban J connectivity index is -0.000000176. The molecule has 0 bridgehead atoms. The summed E-state index contributed by atoms with van der Waals surface area (Å²) in [5.74, 6) is -0.981. The molecule has 4 fully saturated rings. The molecule has 2 amide bonds. The van der Waals surface area contributed by atoms with Gasteiger partial charge in [0.1, 0.15) is 0 Å². The van der Waals surface area contributed by atoms with Crippen LogP contribution >= 0.6 is 0 Å². The summed E-state index contributed by atoms with van der Waals surface area (Å²) in [4.78, 5) is 40.3. The Kier molecular flexibility index (Phi) is 41.7. The van der Waals surface area contributed by atoms with E-state index in [1.807, 2.05) is 0 Å². The van der Waals surface area contributed by atoms with Crippen molar-refractivity contribution in [3.8, 4) is 0 Å². The number of methoxy groups -OCH3 is 5. The number of hydrogen-bond acceptors (Lipinski definition) is 13. The number of carbonyl (C=O) groups excluding carboxylic acids is 4. The van der Waals surface area contributed by atoms with E-state index >= 15 is 0 Å². The summed E-state index contributed by atoms with van der Waals surface area (Å²) < 4.78 is 42.5. The summed E-state index contributed by atoms with van der Waals surface area (Å²) in [6.45, 7) is 37.3. The molecule has 4 rings (SSSR count). The lowest BCUT2D eigenvalue weighted by atomic mass is 9.84. The molecule has 328 valence electrons. The Morgan fingerprint density at radius 1 is 0.768 bits per heavy atom. The monoisotopic (exact) mass is 805 g/mol. The molecule has 0 saturated carbocycles. The van der Waals surface area contributed by atoms with Crippen LogP contribution < -0.4 is 10.6 Å². The number of nitrogens with one attached hydrogen (secondary N) is 2. The molecule has 2 N–H and O–H groups in total. The molecule has 0 aromatic heterocycles. The Bertz CT molecular complexity index is 1050. The zero-order chi connectivity index (χ0) is 44.8. The van der Waals surface area contributed by atoms with E-state index in [4.69, 9.17) is 28.4 Å². The molecule has 0 aliphatic carbocycles. The highest BCUT2D eigenvalue weighted by Crippen LogP contribution is 2.31. The van der Waals surface area contributed by atoms with Crippen molar-refractivity contribution in [2.24, 2.45) is 10.8 Å². The number of ether oxygens (including phenoxy) is 9. The van der Waals surface area contributed by atoms with E-state index in [9.17, 15) is 19.2 Å². The van der Waals surface area contributed by atoms with Crippen LogP contribution in [0.5, 0.6) is 0 Å². The number of likely N-dealkylation sites (N-methyl/N-ethyl adjacent to an activating group) is 2. The molecule has 4 saturated heterocycles. The van der Waals surface area contributed by atoms with E-state index in [0.29, 0.717) is 28.1 Å². The van der Waals surface area contributed by atoms with Gasteiger partial charge >= 0.3 is 11.9 Å². The minimum atomic E-state index is -0.394. The maximum atomic E-state index is 10.3. The van der Waals surface area contributed by atoms with Gasteiger partial charge in [0.15, 0.2) is 0 Å². The fourth-order valence-corrected chi connectivity index (χ4v) is 2.78. The second-order valence-corrected chi connectivity index (χ2v) is 13.3. The Labute approximate surface area is 338 Å². The van der Waals surface area contributed by atoms with Crippen LogP contribution in [0.25, 0.3) is 0 Å². The van der Waals surface area contributed by atoms with Crippen LogP contribution in [0, 0.1) is 10.8 Å². The van der Waals surface area contributed by atoms with Gasteiger partial charge in [-0.05, 0) is 47.1 Å². The minimum absolute atomic E-state index is 0.0972. The van der Waals surface area contributed by atoms with Gasteiger partial charge in [-0.3, -0.25) is 9.59 Å². The van der Waals surface area contributed by atoms with Gasteiger partial charge in [0, 0.05) is 56.4 Å². The van der Waals surface area contributed by atoms with Crippen molar-refractivity contribution in [2.45, 2.75) is 66.6 Å². The lowest BCUT2D eigenvalue weighted by Gasteiger charge is -2.39. The maximum Gasteiger partial charge on any atom is 0.332 e. The molecule has 0 aromatic carbocycles. The third-order valence-electron chi connectivity index (χ3n) is 6.75. The van der Waals surface area contributed by atoms with E-state index in [1.54, 1.807) is 49.3 Å². The largest absolute Gasteiger partial charge is 0.505 e. The first-order valence-electron chi connectivity index (χ1n) is 17.8. The minimum Gasteiger partial charge on any atom is -0.505 e. The van der Waals surface area contributed by atoms with Crippen molar-refractivity contribution >= 4 is 23.8 Å². The smallest absolute Gasteiger partial charge is 0.332 e. The summed E-state index contributed by atoms with van der Waals surface area (Å²) >= 11 is 0. The average Bonchev–Trinajstić information content (AvgIpc) is 4.11. The third-order valence-corrected chi connectivity index (χ3v) is 6.75. The van der Waals surface area contributed by atoms with E-state index in [2.05, 4.69) is 92.4 Å². The van der Waals surface area contributed by atoms with Crippen molar-refractivity contribution in [3.05, 3.63) is 62.5 Å². The first-order valence-corrected chi connectivity index (χ1v) is 17.8. The molecular weight excluding hydrogens is 728 g/mol. The lowest BCUT2D eigenvalue weighted by molar-refractivity contribution is -0.144. The Hall–Kier alpha value is -3.86. The fraction of sp³-hybridized carbons (Fsp3) is 0.659. The van der Waals surface area contributed by atoms with Crippen molar-refractivity contribution in [2.75, 3.05) is 102 Å².